The molecule has 0 saturated carbocycles. The lowest BCUT2D eigenvalue weighted by molar-refractivity contribution is -0.137. The molecule has 0 unspecified atom stereocenters. The van der Waals surface area contributed by atoms with Gasteiger partial charge < -0.3 is 5.11 Å². The number of carboxylic acid groups (broad SMARTS) is 1. The van der Waals surface area contributed by atoms with E-state index in [0.29, 0.717) is 6.42 Å². The molecule has 0 atom stereocenters. The number of hydrogen-bond acceptors (Lipinski definition) is 3. The Balaban J connectivity index is 0. The first kappa shape index (κ1) is 13.9. The molecule has 0 bridgehead atoms. The molecule has 12 heavy (non-hydrogen) atoms. The fourth-order valence-corrected chi connectivity index (χ4v) is 0.214. The van der Waals surface area contributed by atoms with Crippen molar-refractivity contribution in [3.05, 3.63) is 0 Å². The minimum atomic E-state index is -3.66. The van der Waals surface area contributed by atoms with Crippen LogP contribution in [0.25, 0.3) is 0 Å². The van der Waals surface area contributed by atoms with Crippen LogP contribution in [-0.4, -0.2) is 29.8 Å². The number of rotatable bonds is 3. The molecule has 0 aliphatic carbocycles. The smallest absolute Gasteiger partial charge is 0.303 e. The molecule has 74 valence electrons. The monoisotopic (exact) mass is 198 g/mol. The van der Waals surface area contributed by atoms with Crippen LogP contribution in [0.2, 0.25) is 0 Å². The molecular weight excluding hydrogens is 184 g/mol. The molecule has 2 N–H and O–H groups in total. The normalized spacial score (nSPS) is 9.92. The zero-order chi connectivity index (χ0) is 10.2. The second-order valence-electron chi connectivity index (χ2n) is 2.01. The average molecular weight is 198 g/mol. The van der Waals surface area contributed by atoms with Crippen molar-refractivity contribution in [3.8, 4) is 0 Å². The molecule has 0 spiro atoms. The standard InChI is InChI=1S/C4H8O2.C2H6O3S/c1-2-3-4(5)6;1-2-6(3,4)5/h2-3H2,1H3,(H,5,6);2H2,1H3,(H,3,4,5). The van der Waals surface area contributed by atoms with E-state index < -0.39 is 16.1 Å². The Bertz CT molecular complexity index is 206. The summed E-state index contributed by atoms with van der Waals surface area (Å²) in [6, 6.07) is 0. The van der Waals surface area contributed by atoms with E-state index in [9.17, 15) is 13.2 Å². The number of carbonyl (C=O) groups is 1. The summed E-state index contributed by atoms with van der Waals surface area (Å²) < 4.78 is 26.9. The molecule has 5 nitrogen and oxygen atoms in total. The van der Waals surface area contributed by atoms with Crippen molar-refractivity contribution in [2.45, 2.75) is 26.7 Å². The quantitative estimate of drug-likeness (QED) is 0.653. The van der Waals surface area contributed by atoms with Gasteiger partial charge in [0.1, 0.15) is 0 Å². The van der Waals surface area contributed by atoms with Crippen LogP contribution >= 0.6 is 0 Å². The van der Waals surface area contributed by atoms with Crippen LogP contribution in [0.4, 0.5) is 0 Å². The van der Waals surface area contributed by atoms with E-state index in [1.807, 2.05) is 6.92 Å². The lowest BCUT2D eigenvalue weighted by Gasteiger charge is -1.79. The zero-order valence-electron chi connectivity index (χ0n) is 7.15. The molecular formula is C6H14O5S. The van der Waals surface area contributed by atoms with E-state index in [4.69, 9.17) is 9.66 Å². The summed E-state index contributed by atoms with van der Waals surface area (Å²) in [6.45, 7) is 3.21. The van der Waals surface area contributed by atoms with Crippen molar-refractivity contribution in [2.75, 3.05) is 5.75 Å². The number of aliphatic carboxylic acids is 1. The van der Waals surface area contributed by atoms with Gasteiger partial charge in [0, 0.05) is 6.42 Å². The van der Waals surface area contributed by atoms with E-state index in [-0.39, 0.29) is 5.75 Å². The van der Waals surface area contributed by atoms with Crippen LogP contribution in [0.5, 0.6) is 0 Å². The molecule has 0 aromatic carbocycles. The van der Waals surface area contributed by atoms with Crippen molar-refractivity contribution in [1.29, 1.82) is 0 Å². The van der Waals surface area contributed by atoms with Gasteiger partial charge in [0.2, 0.25) is 0 Å². The Morgan fingerprint density at radius 1 is 1.33 bits per heavy atom. The summed E-state index contributed by atoms with van der Waals surface area (Å²) in [7, 11) is -3.66. The molecule has 0 rings (SSSR count). The maximum absolute atomic E-state index is 9.60. The largest absolute Gasteiger partial charge is 0.481 e. The van der Waals surface area contributed by atoms with Crippen LogP contribution in [0.15, 0.2) is 0 Å². The molecule has 0 heterocycles. The molecule has 0 aliphatic heterocycles. The van der Waals surface area contributed by atoms with Crippen molar-refractivity contribution in [3.63, 3.8) is 0 Å². The summed E-state index contributed by atoms with van der Waals surface area (Å²) in [5, 5.41) is 7.91. The van der Waals surface area contributed by atoms with E-state index in [1.165, 1.54) is 6.92 Å². The Labute approximate surface area is 72.2 Å². The van der Waals surface area contributed by atoms with Gasteiger partial charge in [-0.1, -0.05) is 6.92 Å². The highest BCUT2D eigenvalue weighted by Gasteiger charge is 1.93. The SMILES string of the molecule is CCCC(=O)O.CCS(=O)(=O)O. The van der Waals surface area contributed by atoms with Gasteiger partial charge in [0.25, 0.3) is 10.1 Å². The van der Waals surface area contributed by atoms with Crippen molar-refractivity contribution in [2.24, 2.45) is 0 Å². The third kappa shape index (κ3) is 22.8. The van der Waals surface area contributed by atoms with Crippen LogP contribution in [0.1, 0.15) is 26.7 Å². The maximum atomic E-state index is 9.60. The fourth-order valence-electron chi connectivity index (χ4n) is 0.214. The zero-order valence-corrected chi connectivity index (χ0v) is 7.97. The summed E-state index contributed by atoms with van der Waals surface area (Å²) in [5.74, 6) is -0.912. The summed E-state index contributed by atoms with van der Waals surface area (Å²) in [4.78, 5) is 9.60. The lowest BCUT2D eigenvalue weighted by Crippen LogP contribution is -1.97. The highest BCUT2D eigenvalue weighted by molar-refractivity contribution is 7.85. The Morgan fingerprint density at radius 3 is 1.67 bits per heavy atom. The molecule has 0 aromatic rings. The second kappa shape index (κ2) is 7.05. The first-order valence-electron chi connectivity index (χ1n) is 3.50. The molecule has 0 amide bonds. The van der Waals surface area contributed by atoms with E-state index in [2.05, 4.69) is 0 Å². The topological polar surface area (TPSA) is 91.7 Å². The third-order valence-corrected chi connectivity index (χ3v) is 1.56. The third-order valence-electron chi connectivity index (χ3n) is 0.829. The van der Waals surface area contributed by atoms with Gasteiger partial charge in [-0.2, -0.15) is 8.42 Å². The molecule has 6 heteroatoms. The van der Waals surface area contributed by atoms with Crippen LogP contribution in [0, 0.1) is 0 Å². The molecule has 0 radical (unpaired) electrons. The number of hydrogen-bond donors (Lipinski definition) is 2. The second-order valence-corrected chi connectivity index (χ2v) is 3.76. The van der Waals surface area contributed by atoms with Gasteiger partial charge in [0.15, 0.2) is 0 Å². The fraction of sp³-hybridized carbons (Fsp3) is 0.833. The minimum absolute atomic E-state index is 0.201. The van der Waals surface area contributed by atoms with Crippen LogP contribution < -0.4 is 0 Å². The van der Waals surface area contributed by atoms with Crippen molar-refractivity contribution in [1.82, 2.24) is 0 Å². The minimum Gasteiger partial charge on any atom is -0.481 e. The van der Waals surface area contributed by atoms with Crippen molar-refractivity contribution >= 4 is 16.1 Å². The highest BCUT2D eigenvalue weighted by atomic mass is 32.2. The average Bonchev–Trinajstić information content (AvgIpc) is 1.87. The first-order chi connectivity index (χ1) is 5.33. The van der Waals surface area contributed by atoms with Gasteiger partial charge in [0.05, 0.1) is 5.75 Å². The van der Waals surface area contributed by atoms with Gasteiger partial charge in [-0.25, -0.2) is 0 Å². The Morgan fingerprint density at radius 2 is 1.67 bits per heavy atom. The molecule has 0 fully saturated rings. The summed E-state index contributed by atoms with van der Waals surface area (Å²) >= 11 is 0. The van der Waals surface area contributed by atoms with Gasteiger partial charge in [-0.15, -0.1) is 0 Å². The lowest BCUT2D eigenvalue weighted by atomic mass is 10.4. The van der Waals surface area contributed by atoms with Gasteiger partial charge in [-0.05, 0) is 13.3 Å². The van der Waals surface area contributed by atoms with E-state index in [1.54, 1.807) is 0 Å². The summed E-state index contributed by atoms with van der Waals surface area (Å²) in [6.07, 6.45) is 1.02. The van der Waals surface area contributed by atoms with E-state index in [0.717, 1.165) is 6.42 Å². The van der Waals surface area contributed by atoms with Gasteiger partial charge >= 0.3 is 5.97 Å². The molecule has 0 aromatic heterocycles. The predicted molar refractivity (Wildman–Crippen MR) is 44.6 cm³/mol. The van der Waals surface area contributed by atoms with Crippen molar-refractivity contribution < 1.29 is 22.9 Å². The maximum Gasteiger partial charge on any atom is 0.303 e. The first-order valence-corrected chi connectivity index (χ1v) is 5.11. The molecule has 0 saturated heterocycles. The van der Waals surface area contributed by atoms with Crippen LogP contribution in [0.3, 0.4) is 0 Å². The summed E-state index contributed by atoms with van der Waals surface area (Å²) in [5.41, 5.74) is 0. The predicted octanol–water partition coefficient (Wildman–Crippen LogP) is 0.765. The number of carboxylic acids is 1. The highest BCUT2D eigenvalue weighted by Crippen LogP contribution is 1.82. The van der Waals surface area contributed by atoms with Crippen LogP contribution in [-0.2, 0) is 14.9 Å². The Kier molecular flexibility index (Phi) is 8.19. The Hall–Kier alpha value is -0.620. The molecule has 0 aliphatic rings. The van der Waals surface area contributed by atoms with E-state index >= 15 is 0 Å². The van der Waals surface area contributed by atoms with Gasteiger partial charge in [-0.3, -0.25) is 9.35 Å².